The summed E-state index contributed by atoms with van der Waals surface area (Å²) in [4.78, 5) is 6.39. The Morgan fingerprint density at radius 3 is 2.55 bits per heavy atom. The molecule has 0 bridgehead atoms. The maximum Gasteiger partial charge on any atom is 0.0634 e. The minimum absolute atomic E-state index is 0. The molecule has 22 heavy (non-hydrogen) atoms. The molecule has 1 aliphatic rings. The minimum atomic E-state index is 0. The van der Waals surface area contributed by atoms with Crippen molar-refractivity contribution in [2.75, 3.05) is 13.1 Å². The molecule has 1 fully saturated rings. The minimum Gasteiger partial charge on any atom is -0.326 e. The lowest BCUT2D eigenvalue weighted by molar-refractivity contribution is 0.324. The van der Waals surface area contributed by atoms with Crippen molar-refractivity contribution in [3.8, 4) is 0 Å². The van der Waals surface area contributed by atoms with Crippen molar-refractivity contribution in [1.29, 1.82) is 0 Å². The van der Waals surface area contributed by atoms with Gasteiger partial charge in [-0.2, -0.15) is 0 Å². The molecule has 1 aliphatic heterocycles. The highest BCUT2D eigenvalue weighted by atomic mass is 35.5. The molecule has 2 atom stereocenters. The standard InChI is InChI=1S/C16H18ClN3.2ClH/c17-15-8-19-7-6-13(15)9-20-10-14(16(18)11-20)12-4-2-1-3-5-12;;/h1-8,14,16H,9-11,18H2;2*1H/t14-,16+;;/m0../s1. The molecule has 2 N–H and O–H groups in total. The van der Waals surface area contributed by atoms with Crippen molar-refractivity contribution in [2.24, 2.45) is 5.73 Å². The van der Waals surface area contributed by atoms with Gasteiger partial charge < -0.3 is 5.73 Å². The number of aromatic nitrogens is 1. The van der Waals surface area contributed by atoms with Crippen LogP contribution in [0, 0.1) is 0 Å². The number of halogens is 3. The zero-order valence-electron chi connectivity index (χ0n) is 12.1. The molecule has 1 aromatic carbocycles. The number of rotatable bonds is 3. The van der Waals surface area contributed by atoms with Crippen LogP contribution in [0.4, 0.5) is 0 Å². The SMILES string of the molecule is Cl.Cl.N[C@@H]1CN(Cc2ccncc2Cl)C[C@H]1c1ccccc1. The van der Waals surface area contributed by atoms with Crippen LogP contribution >= 0.6 is 36.4 Å². The zero-order chi connectivity index (χ0) is 13.9. The molecule has 0 amide bonds. The first-order chi connectivity index (χ1) is 9.74. The normalized spacial score (nSPS) is 21.0. The van der Waals surface area contributed by atoms with E-state index in [1.165, 1.54) is 5.56 Å². The molecule has 0 aliphatic carbocycles. The van der Waals surface area contributed by atoms with Gasteiger partial charge in [-0.05, 0) is 17.2 Å². The quantitative estimate of drug-likeness (QED) is 0.911. The van der Waals surface area contributed by atoms with Crippen molar-refractivity contribution >= 4 is 36.4 Å². The summed E-state index contributed by atoms with van der Waals surface area (Å²) < 4.78 is 0. The molecule has 0 saturated carbocycles. The third-order valence-corrected chi connectivity index (χ3v) is 4.26. The predicted molar refractivity (Wildman–Crippen MR) is 96.2 cm³/mol. The summed E-state index contributed by atoms with van der Waals surface area (Å²) in [5, 5.41) is 0.726. The molecule has 0 unspecified atom stereocenters. The number of likely N-dealkylation sites (tertiary alicyclic amines) is 1. The number of nitrogens with two attached hydrogens (primary N) is 1. The fourth-order valence-corrected chi connectivity index (χ4v) is 3.05. The molecule has 2 aromatic rings. The molecular formula is C16H20Cl3N3. The molecular weight excluding hydrogens is 341 g/mol. The third-order valence-electron chi connectivity index (χ3n) is 3.92. The van der Waals surface area contributed by atoms with Crippen LogP contribution in [0.15, 0.2) is 48.8 Å². The lowest BCUT2D eigenvalue weighted by Crippen LogP contribution is -2.28. The summed E-state index contributed by atoms with van der Waals surface area (Å²) in [5.41, 5.74) is 8.74. The number of hydrogen-bond acceptors (Lipinski definition) is 3. The van der Waals surface area contributed by atoms with Crippen LogP contribution in [0.5, 0.6) is 0 Å². The second-order valence-electron chi connectivity index (χ2n) is 5.34. The van der Waals surface area contributed by atoms with Crippen LogP contribution in [0.3, 0.4) is 0 Å². The highest BCUT2D eigenvalue weighted by Crippen LogP contribution is 2.28. The molecule has 0 radical (unpaired) electrons. The first-order valence-electron chi connectivity index (χ1n) is 6.85. The van der Waals surface area contributed by atoms with Crippen molar-refractivity contribution in [2.45, 2.75) is 18.5 Å². The van der Waals surface area contributed by atoms with Crippen molar-refractivity contribution < 1.29 is 0 Å². The maximum absolute atomic E-state index is 6.31. The summed E-state index contributed by atoms with van der Waals surface area (Å²) in [6.45, 7) is 2.71. The fourth-order valence-electron chi connectivity index (χ4n) is 2.87. The average molecular weight is 361 g/mol. The van der Waals surface area contributed by atoms with Crippen molar-refractivity contribution in [3.05, 3.63) is 64.9 Å². The van der Waals surface area contributed by atoms with Gasteiger partial charge in [-0.1, -0.05) is 41.9 Å². The van der Waals surface area contributed by atoms with E-state index < -0.39 is 0 Å². The highest BCUT2D eigenvalue weighted by molar-refractivity contribution is 6.31. The van der Waals surface area contributed by atoms with Crippen molar-refractivity contribution in [1.82, 2.24) is 9.88 Å². The Labute approximate surface area is 148 Å². The summed E-state index contributed by atoms with van der Waals surface area (Å²) in [7, 11) is 0. The van der Waals surface area contributed by atoms with E-state index >= 15 is 0 Å². The molecule has 120 valence electrons. The predicted octanol–water partition coefficient (Wildman–Crippen LogP) is 3.51. The Morgan fingerprint density at radius 2 is 1.86 bits per heavy atom. The topological polar surface area (TPSA) is 42.1 Å². The lowest BCUT2D eigenvalue weighted by atomic mass is 9.95. The van der Waals surface area contributed by atoms with Gasteiger partial charge in [-0.15, -0.1) is 24.8 Å². The largest absolute Gasteiger partial charge is 0.326 e. The maximum atomic E-state index is 6.31. The van der Waals surface area contributed by atoms with E-state index in [4.69, 9.17) is 17.3 Å². The van der Waals surface area contributed by atoms with E-state index in [1.54, 1.807) is 12.4 Å². The summed E-state index contributed by atoms with van der Waals surface area (Å²) in [6.07, 6.45) is 3.48. The van der Waals surface area contributed by atoms with E-state index in [-0.39, 0.29) is 30.9 Å². The Kier molecular flexibility index (Phi) is 7.60. The van der Waals surface area contributed by atoms with E-state index in [2.05, 4.69) is 34.1 Å². The monoisotopic (exact) mass is 359 g/mol. The van der Waals surface area contributed by atoms with Gasteiger partial charge in [0.05, 0.1) is 5.02 Å². The average Bonchev–Trinajstić information content (AvgIpc) is 2.83. The van der Waals surface area contributed by atoms with Gasteiger partial charge in [0.25, 0.3) is 0 Å². The second kappa shape index (κ2) is 8.70. The van der Waals surface area contributed by atoms with Gasteiger partial charge in [0.1, 0.15) is 0 Å². The lowest BCUT2D eigenvalue weighted by Gasteiger charge is -2.16. The Bertz CT molecular complexity index is 580. The van der Waals surface area contributed by atoms with Crippen molar-refractivity contribution in [3.63, 3.8) is 0 Å². The first-order valence-corrected chi connectivity index (χ1v) is 7.23. The Balaban J connectivity index is 0.00000121. The summed E-state index contributed by atoms with van der Waals surface area (Å²) >= 11 is 6.17. The fraction of sp³-hybridized carbons (Fsp3) is 0.312. The molecule has 3 rings (SSSR count). The molecule has 0 spiro atoms. The van der Waals surface area contributed by atoms with E-state index in [0.29, 0.717) is 5.92 Å². The van der Waals surface area contributed by atoms with Crippen LogP contribution in [-0.4, -0.2) is 29.0 Å². The number of pyridine rings is 1. The molecule has 1 saturated heterocycles. The van der Waals surface area contributed by atoms with Gasteiger partial charge in [0.15, 0.2) is 0 Å². The van der Waals surface area contributed by atoms with E-state index in [9.17, 15) is 0 Å². The first kappa shape index (κ1) is 19.2. The van der Waals surface area contributed by atoms with Gasteiger partial charge in [-0.3, -0.25) is 9.88 Å². The summed E-state index contributed by atoms with van der Waals surface area (Å²) in [5.74, 6) is 0.400. The number of benzene rings is 1. The Hall–Kier alpha value is -0.840. The van der Waals surface area contributed by atoms with Gasteiger partial charge >= 0.3 is 0 Å². The zero-order valence-corrected chi connectivity index (χ0v) is 14.4. The third kappa shape index (κ3) is 4.34. The number of nitrogens with zero attached hydrogens (tertiary/aromatic N) is 2. The molecule has 3 nitrogen and oxygen atoms in total. The molecule has 1 aromatic heterocycles. The smallest absolute Gasteiger partial charge is 0.0634 e. The van der Waals surface area contributed by atoms with Crippen LogP contribution < -0.4 is 5.73 Å². The van der Waals surface area contributed by atoms with Crippen LogP contribution in [0.25, 0.3) is 0 Å². The molecule has 6 heteroatoms. The van der Waals surface area contributed by atoms with Gasteiger partial charge in [0, 0.05) is 44.0 Å². The van der Waals surface area contributed by atoms with Gasteiger partial charge in [-0.25, -0.2) is 0 Å². The molecule has 2 heterocycles. The van der Waals surface area contributed by atoms with E-state index in [1.807, 2.05) is 12.1 Å². The van der Waals surface area contributed by atoms with Crippen LogP contribution in [-0.2, 0) is 6.54 Å². The highest BCUT2D eigenvalue weighted by Gasteiger charge is 2.31. The Morgan fingerprint density at radius 1 is 1.14 bits per heavy atom. The summed E-state index contributed by atoms with van der Waals surface area (Å²) in [6, 6.07) is 12.7. The van der Waals surface area contributed by atoms with E-state index in [0.717, 1.165) is 30.2 Å². The number of hydrogen-bond donors (Lipinski definition) is 1. The van der Waals surface area contributed by atoms with Gasteiger partial charge in [0.2, 0.25) is 0 Å². The second-order valence-corrected chi connectivity index (χ2v) is 5.75. The van der Waals surface area contributed by atoms with Crippen LogP contribution in [0.2, 0.25) is 5.02 Å². The van der Waals surface area contributed by atoms with Crippen LogP contribution in [0.1, 0.15) is 17.0 Å².